The van der Waals surface area contributed by atoms with E-state index in [1.165, 1.54) is 6.07 Å². The van der Waals surface area contributed by atoms with E-state index in [0.29, 0.717) is 5.56 Å². The Kier molecular flexibility index (Phi) is 3.26. The second-order valence-electron chi connectivity index (χ2n) is 5.78. The summed E-state index contributed by atoms with van der Waals surface area (Å²) in [6.45, 7) is 7.18. The molecule has 0 fully saturated rings. The maximum Gasteiger partial charge on any atom is 0.445 e. The van der Waals surface area contributed by atoms with Crippen molar-refractivity contribution in [3.8, 4) is 0 Å². The minimum atomic E-state index is -4.44. The maximum absolute atomic E-state index is 13.6. The van der Waals surface area contributed by atoms with Crippen LogP contribution in [0, 0.1) is 12.3 Å². The summed E-state index contributed by atoms with van der Waals surface area (Å²) in [4.78, 5) is 0.506. The highest BCUT2D eigenvalue weighted by molar-refractivity contribution is 8.54. The van der Waals surface area contributed by atoms with E-state index in [4.69, 9.17) is 10.7 Å². The molecule has 1 aliphatic heterocycles. The highest BCUT2D eigenvalue weighted by atomic mass is 35.7. The molecule has 0 spiro atoms. The standard InChI is InChI=1S/C14H16ClF3S/c1-9-5-6-11-10(7-9)8-12(13(2,3)4)19(11,15)14(16,17)18/h5-8H,1-4H3. The molecule has 1 aromatic carbocycles. The molecule has 1 atom stereocenters. The predicted molar refractivity (Wildman–Crippen MR) is 76.4 cm³/mol. The number of hydrogen-bond donors (Lipinski definition) is 0. The second kappa shape index (κ2) is 4.19. The number of aryl methyl sites for hydroxylation is 1. The molecule has 0 bridgehead atoms. The van der Waals surface area contributed by atoms with Crippen LogP contribution in [0.3, 0.4) is 0 Å². The maximum atomic E-state index is 13.6. The number of benzene rings is 1. The third-order valence-corrected chi connectivity index (χ3v) is 7.59. The van der Waals surface area contributed by atoms with Crippen LogP contribution in [-0.4, -0.2) is 5.51 Å². The molecule has 0 saturated heterocycles. The molecular weight excluding hydrogens is 293 g/mol. The summed E-state index contributed by atoms with van der Waals surface area (Å²) in [5.41, 5.74) is -3.51. The zero-order chi connectivity index (χ0) is 14.6. The quantitative estimate of drug-likeness (QED) is 0.532. The molecule has 0 aromatic heterocycles. The van der Waals surface area contributed by atoms with Gasteiger partial charge in [0.1, 0.15) is 0 Å². The van der Waals surface area contributed by atoms with Crippen LogP contribution >= 0.6 is 19.9 Å². The molecule has 0 radical (unpaired) electrons. The monoisotopic (exact) mass is 308 g/mol. The lowest BCUT2D eigenvalue weighted by molar-refractivity contribution is -0.0362. The number of fused-ring (bicyclic) bond motifs is 1. The van der Waals surface area contributed by atoms with Gasteiger partial charge in [0, 0.05) is 4.90 Å². The Balaban J connectivity index is 2.74. The smallest absolute Gasteiger partial charge is 0.160 e. The van der Waals surface area contributed by atoms with Crippen LogP contribution in [0.2, 0.25) is 0 Å². The molecule has 0 amide bonds. The highest BCUT2D eigenvalue weighted by Gasteiger charge is 2.58. The van der Waals surface area contributed by atoms with Crippen LogP contribution in [-0.2, 0) is 0 Å². The summed E-state index contributed by atoms with van der Waals surface area (Å²) in [6.07, 6.45) is 1.62. The van der Waals surface area contributed by atoms with Gasteiger partial charge in [0.25, 0.3) is 0 Å². The lowest BCUT2D eigenvalue weighted by Crippen LogP contribution is -2.22. The van der Waals surface area contributed by atoms with Gasteiger partial charge in [-0.05, 0) is 54.9 Å². The van der Waals surface area contributed by atoms with Crippen LogP contribution in [0.4, 0.5) is 13.2 Å². The first-order valence-electron chi connectivity index (χ1n) is 5.90. The Morgan fingerprint density at radius 1 is 1.11 bits per heavy atom. The third-order valence-electron chi connectivity index (χ3n) is 3.12. The fourth-order valence-electron chi connectivity index (χ4n) is 2.27. The summed E-state index contributed by atoms with van der Waals surface area (Å²) in [5, 5.41) is 0. The van der Waals surface area contributed by atoms with Crippen molar-refractivity contribution in [3.63, 3.8) is 0 Å². The fourth-order valence-corrected chi connectivity index (χ4v) is 6.08. The van der Waals surface area contributed by atoms with E-state index in [9.17, 15) is 13.2 Å². The molecule has 1 heterocycles. The van der Waals surface area contributed by atoms with Gasteiger partial charge in [-0.1, -0.05) is 38.5 Å². The Morgan fingerprint density at radius 2 is 1.68 bits per heavy atom. The highest BCUT2D eigenvalue weighted by Crippen LogP contribution is 2.82. The van der Waals surface area contributed by atoms with Gasteiger partial charge in [0.15, 0.2) is 0 Å². The first-order valence-corrected chi connectivity index (χ1v) is 8.36. The van der Waals surface area contributed by atoms with Crippen LogP contribution in [0.5, 0.6) is 0 Å². The van der Waals surface area contributed by atoms with Crippen molar-refractivity contribution in [1.82, 2.24) is 0 Å². The van der Waals surface area contributed by atoms with Crippen LogP contribution in [0.15, 0.2) is 28.0 Å². The number of halogens is 4. The zero-order valence-corrected chi connectivity index (χ0v) is 12.8. The number of hydrogen-bond acceptors (Lipinski definition) is 0. The predicted octanol–water partition coefficient (Wildman–Crippen LogP) is 6.23. The van der Waals surface area contributed by atoms with Gasteiger partial charge >= 0.3 is 5.51 Å². The number of rotatable bonds is 0. The normalized spacial score (nSPS) is 26.6. The van der Waals surface area contributed by atoms with Gasteiger partial charge in [-0.3, -0.25) is 0 Å². The minimum Gasteiger partial charge on any atom is -0.160 e. The van der Waals surface area contributed by atoms with Gasteiger partial charge in [-0.25, -0.2) is 0 Å². The van der Waals surface area contributed by atoms with Crippen molar-refractivity contribution in [1.29, 1.82) is 0 Å². The summed E-state index contributed by atoms with van der Waals surface area (Å²) in [6, 6.07) is 4.98. The zero-order valence-electron chi connectivity index (χ0n) is 11.2. The second-order valence-corrected chi connectivity index (χ2v) is 9.59. The van der Waals surface area contributed by atoms with E-state index in [-0.39, 0.29) is 9.80 Å². The Bertz CT molecular complexity index is 555. The molecule has 19 heavy (non-hydrogen) atoms. The molecule has 1 aliphatic rings. The van der Waals surface area contributed by atoms with Crippen molar-refractivity contribution >= 4 is 26.0 Å². The Morgan fingerprint density at radius 3 is 2.16 bits per heavy atom. The molecule has 1 unspecified atom stereocenters. The van der Waals surface area contributed by atoms with E-state index < -0.39 is 20.2 Å². The lowest BCUT2D eigenvalue weighted by atomic mass is 9.95. The van der Waals surface area contributed by atoms with Crippen LogP contribution < -0.4 is 0 Å². The van der Waals surface area contributed by atoms with Crippen molar-refractivity contribution in [3.05, 3.63) is 34.2 Å². The number of alkyl halides is 3. The lowest BCUT2D eigenvalue weighted by Gasteiger charge is -2.39. The molecule has 106 valence electrons. The third kappa shape index (κ3) is 2.19. The Hall–Kier alpha value is -0.610. The molecule has 5 heteroatoms. The molecule has 1 aromatic rings. The largest absolute Gasteiger partial charge is 0.445 e. The van der Waals surface area contributed by atoms with Gasteiger partial charge < -0.3 is 0 Å². The molecule has 0 aliphatic carbocycles. The van der Waals surface area contributed by atoms with Gasteiger partial charge in [0.2, 0.25) is 0 Å². The van der Waals surface area contributed by atoms with Crippen molar-refractivity contribution < 1.29 is 13.2 Å². The van der Waals surface area contributed by atoms with Crippen molar-refractivity contribution in [2.75, 3.05) is 0 Å². The summed E-state index contributed by atoms with van der Waals surface area (Å²) in [7, 11) is 2.71. The van der Waals surface area contributed by atoms with Gasteiger partial charge in [-0.15, -0.1) is 0 Å². The fraction of sp³-hybridized carbons (Fsp3) is 0.429. The average Bonchev–Trinajstić information content (AvgIpc) is 2.51. The van der Waals surface area contributed by atoms with Crippen LogP contribution in [0.1, 0.15) is 31.9 Å². The number of allylic oxidation sites excluding steroid dienone is 1. The average molecular weight is 309 g/mol. The SMILES string of the molecule is Cc1ccc2c(c1)C=C(C(C)(C)C)S2(Cl)C(F)(F)F. The molecule has 0 saturated carbocycles. The van der Waals surface area contributed by atoms with E-state index >= 15 is 0 Å². The minimum absolute atomic E-state index is 0.220. The van der Waals surface area contributed by atoms with Crippen LogP contribution in [0.25, 0.3) is 6.08 Å². The first-order chi connectivity index (χ1) is 8.48. The van der Waals surface area contributed by atoms with Crippen molar-refractivity contribution in [2.24, 2.45) is 5.41 Å². The molecule has 0 nitrogen and oxygen atoms in total. The first kappa shape index (κ1) is 14.8. The topological polar surface area (TPSA) is 0 Å². The van der Waals surface area contributed by atoms with Gasteiger partial charge in [0.05, 0.1) is 0 Å². The van der Waals surface area contributed by atoms with E-state index in [2.05, 4.69) is 0 Å². The van der Waals surface area contributed by atoms with E-state index in [0.717, 1.165) is 5.56 Å². The van der Waals surface area contributed by atoms with E-state index in [1.807, 2.05) is 6.92 Å². The Labute approximate surface area is 117 Å². The van der Waals surface area contributed by atoms with Gasteiger partial charge in [-0.2, -0.15) is 13.2 Å². The van der Waals surface area contributed by atoms with E-state index in [1.54, 1.807) is 39.0 Å². The summed E-state index contributed by atoms with van der Waals surface area (Å²) in [5.74, 6) is 0. The molecule has 0 N–H and O–H groups in total. The summed E-state index contributed by atoms with van der Waals surface area (Å²) >= 11 is 0. The molecule has 2 rings (SSSR count). The van der Waals surface area contributed by atoms with Crippen molar-refractivity contribution in [2.45, 2.75) is 38.1 Å². The summed E-state index contributed by atoms with van der Waals surface area (Å²) < 4.78 is 40.7. The molecular formula is C14H16ClF3S.